The Balaban J connectivity index is 4.16. The lowest BCUT2D eigenvalue weighted by Gasteiger charge is -2.29. The Hall–Kier alpha value is 0.160. The second-order valence-corrected chi connectivity index (χ2v) is 9.63. The predicted molar refractivity (Wildman–Crippen MR) is 79.1 cm³/mol. The van der Waals surface area contributed by atoms with E-state index < -0.39 is 9.05 Å². The van der Waals surface area contributed by atoms with Gasteiger partial charge in [-0.05, 0) is 26.2 Å². The van der Waals surface area contributed by atoms with Crippen molar-refractivity contribution < 1.29 is 17.9 Å². The molecule has 0 radical (unpaired) electrons. The molecule has 0 aliphatic rings. The van der Waals surface area contributed by atoms with Crippen molar-refractivity contribution in [2.75, 3.05) is 25.6 Å². The van der Waals surface area contributed by atoms with E-state index in [2.05, 4.69) is 0 Å². The molecule has 0 aromatic carbocycles. The second-order valence-electron chi connectivity index (χ2n) is 6.80. The maximum absolute atomic E-state index is 11.2. The van der Waals surface area contributed by atoms with Crippen LogP contribution in [0.2, 0.25) is 0 Å². The summed E-state index contributed by atoms with van der Waals surface area (Å²) in [4.78, 5) is 0. The maximum Gasteiger partial charge on any atom is 0.232 e. The molecule has 0 fully saturated rings. The first-order valence-corrected chi connectivity index (χ1v) is 8.93. The van der Waals surface area contributed by atoms with Crippen molar-refractivity contribution in [1.29, 1.82) is 0 Å². The van der Waals surface area contributed by atoms with Crippen LogP contribution in [0.1, 0.15) is 41.5 Å². The van der Waals surface area contributed by atoms with E-state index in [4.69, 9.17) is 20.2 Å². The molecule has 0 N–H and O–H groups in total. The lowest BCUT2D eigenvalue weighted by atomic mass is 9.82. The van der Waals surface area contributed by atoms with Crippen molar-refractivity contribution in [3.05, 3.63) is 0 Å². The van der Waals surface area contributed by atoms with Crippen LogP contribution in [0.25, 0.3) is 0 Å². The molecule has 0 amide bonds. The number of rotatable bonds is 7. The van der Waals surface area contributed by atoms with Crippen LogP contribution in [0.3, 0.4) is 0 Å². The van der Waals surface area contributed by atoms with Gasteiger partial charge in [0.05, 0.1) is 31.2 Å². The Morgan fingerprint density at radius 3 is 1.95 bits per heavy atom. The first-order chi connectivity index (χ1) is 8.31. The normalized spacial score (nSPS) is 15.5. The van der Waals surface area contributed by atoms with Gasteiger partial charge in [0.1, 0.15) is 0 Å². The van der Waals surface area contributed by atoms with Crippen molar-refractivity contribution in [1.82, 2.24) is 0 Å². The van der Waals surface area contributed by atoms with Crippen LogP contribution in [0.4, 0.5) is 0 Å². The minimum atomic E-state index is -3.51. The van der Waals surface area contributed by atoms with Gasteiger partial charge in [-0.15, -0.1) is 0 Å². The van der Waals surface area contributed by atoms with Crippen molar-refractivity contribution in [3.63, 3.8) is 0 Å². The van der Waals surface area contributed by atoms with E-state index in [1.165, 1.54) is 0 Å². The van der Waals surface area contributed by atoms with Gasteiger partial charge in [0.25, 0.3) is 0 Å². The molecule has 0 saturated heterocycles. The summed E-state index contributed by atoms with van der Waals surface area (Å²) in [5.41, 5.74) is -0.362. The Bertz CT molecular complexity index is 352. The van der Waals surface area contributed by atoms with Crippen LogP contribution in [0, 0.1) is 11.3 Å². The van der Waals surface area contributed by atoms with E-state index >= 15 is 0 Å². The first-order valence-electron chi connectivity index (χ1n) is 6.45. The van der Waals surface area contributed by atoms with Gasteiger partial charge in [-0.25, -0.2) is 8.42 Å². The van der Waals surface area contributed by atoms with E-state index in [9.17, 15) is 8.42 Å². The highest BCUT2D eigenvalue weighted by Gasteiger charge is 2.29. The molecule has 0 aliphatic carbocycles. The monoisotopic (exact) mass is 314 g/mol. The number of hydrogen-bond donors (Lipinski definition) is 0. The van der Waals surface area contributed by atoms with Crippen LogP contribution < -0.4 is 0 Å². The van der Waals surface area contributed by atoms with Crippen LogP contribution in [-0.4, -0.2) is 39.6 Å². The van der Waals surface area contributed by atoms with Crippen molar-refractivity contribution >= 4 is 19.7 Å². The van der Waals surface area contributed by atoms with E-state index in [0.717, 1.165) is 0 Å². The Labute approximate surface area is 122 Å². The standard InChI is InChI=1S/C13H27ClO4S/c1-12(2,3)11(10-19(14,15)16)9-17-7-8-18-13(4,5)6/h11H,7-10H2,1-6H3. The van der Waals surface area contributed by atoms with Gasteiger partial charge in [-0.2, -0.15) is 0 Å². The third-order valence-corrected chi connectivity index (χ3v) is 3.89. The van der Waals surface area contributed by atoms with Crippen LogP contribution in [0.5, 0.6) is 0 Å². The number of hydrogen-bond acceptors (Lipinski definition) is 4. The van der Waals surface area contributed by atoms with Gasteiger partial charge in [0.15, 0.2) is 0 Å². The van der Waals surface area contributed by atoms with Crippen molar-refractivity contribution in [2.24, 2.45) is 11.3 Å². The van der Waals surface area contributed by atoms with Crippen molar-refractivity contribution in [3.8, 4) is 0 Å². The van der Waals surface area contributed by atoms with Gasteiger partial charge in [-0.1, -0.05) is 20.8 Å². The molecule has 0 spiro atoms. The molecule has 4 nitrogen and oxygen atoms in total. The molecule has 0 aromatic heterocycles. The third-order valence-electron chi connectivity index (χ3n) is 2.71. The summed E-state index contributed by atoms with van der Waals surface area (Å²) >= 11 is 0. The highest BCUT2D eigenvalue weighted by atomic mass is 35.7. The molecule has 0 rings (SSSR count). The summed E-state index contributed by atoms with van der Waals surface area (Å²) in [6, 6.07) is 0. The summed E-state index contributed by atoms with van der Waals surface area (Å²) in [5, 5.41) is 0. The highest BCUT2D eigenvalue weighted by molar-refractivity contribution is 8.13. The fraction of sp³-hybridized carbons (Fsp3) is 1.00. The van der Waals surface area contributed by atoms with E-state index in [0.29, 0.717) is 19.8 Å². The van der Waals surface area contributed by atoms with E-state index in [-0.39, 0.29) is 22.7 Å². The predicted octanol–water partition coefficient (Wildman–Crippen LogP) is 3.05. The van der Waals surface area contributed by atoms with Crippen LogP contribution in [-0.2, 0) is 18.5 Å². The summed E-state index contributed by atoms with van der Waals surface area (Å²) in [5.74, 6) is -0.206. The summed E-state index contributed by atoms with van der Waals surface area (Å²) in [6.45, 7) is 13.2. The maximum atomic E-state index is 11.2. The SMILES string of the molecule is CC(C)(C)OCCOCC(CS(=O)(=O)Cl)C(C)(C)C. The lowest BCUT2D eigenvalue weighted by molar-refractivity contribution is -0.0432. The molecule has 0 aliphatic heterocycles. The van der Waals surface area contributed by atoms with Gasteiger partial charge >= 0.3 is 0 Å². The molecular weight excluding hydrogens is 288 g/mol. The Morgan fingerprint density at radius 2 is 1.58 bits per heavy atom. The summed E-state index contributed by atoms with van der Waals surface area (Å²) in [6.07, 6.45) is 0. The topological polar surface area (TPSA) is 52.6 Å². The smallest absolute Gasteiger partial charge is 0.232 e. The average Bonchev–Trinajstić information content (AvgIpc) is 2.10. The molecule has 0 heterocycles. The van der Waals surface area contributed by atoms with Gasteiger partial charge in [-0.3, -0.25) is 0 Å². The number of ether oxygens (including phenoxy) is 2. The summed E-state index contributed by atoms with van der Waals surface area (Å²) in [7, 11) is 1.81. The third kappa shape index (κ3) is 11.7. The molecule has 6 heteroatoms. The van der Waals surface area contributed by atoms with Gasteiger partial charge in [0.2, 0.25) is 9.05 Å². The minimum Gasteiger partial charge on any atom is -0.379 e. The van der Waals surface area contributed by atoms with E-state index in [1.54, 1.807) is 0 Å². The average molecular weight is 315 g/mol. The largest absolute Gasteiger partial charge is 0.379 e. The molecule has 0 aromatic rings. The zero-order valence-electron chi connectivity index (χ0n) is 12.8. The zero-order chi connectivity index (χ0) is 15.3. The van der Waals surface area contributed by atoms with E-state index in [1.807, 2.05) is 41.5 Å². The molecule has 19 heavy (non-hydrogen) atoms. The quantitative estimate of drug-likeness (QED) is 0.535. The minimum absolute atomic E-state index is 0.0712. The highest BCUT2D eigenvalue weighted by Crippen LogP contribution is 2.28. The van der Waals surface area contributed by atoms with Crippen LogP contribution in [0.15, 0.2) is 0 Å². The molecule has 1 atom stereocenters. The fourth-order valence-corrected chi connectivity index (χ4v) is 2.95. The second kappa shape index (κ2) is 7.25. The van der Waals surface area contributed by atoms with Crippen LogP contribution >= 0.6 is 10.7 Å². The lowest BCUT2D eigenvalue weighted by Crippen LogP contribution is -2.31. The van der Waals surface area contributed by atoms with Gasteiger partial charge < -0.3 is 9.47 Å². The molecule has 0 saturated carbocycles. The molecule has 0 bridgehead atoms. The van der Waals surface area contributed by atoms with Crippen molar-refractivity contribution in [2.45, 2.75) is 47.1 Å². The molecular formula is C13H27ClO4S. The number of halogens is 1. The Morgan fingerprint density at radius 1 is 1.05 bits per heavy atom. The molecule has 116 valence electrons. The fourth-order valence-electron chi connectivity index (χ4n) is 1.42. The molecule has 1 unspecified atom stereocenters. The Kier molecular flexibility index (Phi) is 7.31. The first kappa shape index (κ1) is 19.2. The zero-order valence-corrected chi connectivity index (χ0v) is 14.4. The van der Waals surface area contributed by atoms with Gasteiger partial charge in [0, 0.05) is 16.6 Å². The summed E-state index contributed by atoms with van der Waals surface area (Å²) < 4.78 is 33.4.